The van der Waals surface area contributed by atoms with E-state index in [1.54, 1.807) is 36.5 Å². The van der Waals surface area contributed by atoms with Crippen LogP contribution < -0.4 is 10.1 Å². The summed E-state index contributed by atoms with van der Waals surface area (Å²) in [4.78, 5) is 16.2. The van der Waals surface area contributed by atoms with E-state index < -0.39 is 0 Å². The molecule has 2 aromatic rings. The zero-order valence-electron chi connectivity index (χ0n) is 11.4. The first-order valence-corrected chi connectivity index (χ1v) is 6.86. The SMILES string of the molecule is O=C(NC1CC1)c1cccnc1OCc1ccccc1F. The van der Waals surface area contributed by atoms with E-state index in [1.165, 1.54) is 6.07 Å². The van der Waals surface area contributed by atoms with Crippen LogP contribution in [-0.4, -0.2) is 16.9 Å². The number of amides is 1. The molecular formula is C16H15FN2O2. The topological polar surface area (TPSA) is 51.2 Å². The lowest BCUT2D eigenvalue weighted by molar-refractivity contribution is 0.0945. The predicted molar refractivity (Wildman–Crippen MR) is 75.5 cm³/mol. The summed E-state index contributed by atoms with van der Waals surface area (Å²) in [5, 5.41) is 2.89. The Morgan fingerprint density at radius 3 is 2.86 bits per heavy atom. The molecule has 1 aliphatic rings. The van der Waals surface area contributed by atoms with Gasteiger partial charge in [-0.2, -0.15) is 0 Å². The van der Waals surface area contributed by atoms with Crippen molar-refractivity contribution in [2.75, 3.05) is 0 Å². The standard InChI is InChI=1S/C16H15FN2O2/c17-14-6-2-1-4-11(14)10-21-16-13(5-3-9-18-16)15(20)19-12-7-8-12/h1-6,9,12H,7-8,10H2,(H,19,20). The van der Waals surface area contributed by atoms with Crippen molar-refractivity contribution in [2.24, 2.45) is 0 Å². The van der Waals surface area contributed by atoms with Crippen LogP contribution in [0.25, 0.3) is 0 Å². The molecule has 21 heavy (non-hydrogen) atoms. The number of benzene rings is 1. The Kier molecular flexibility index (Phi) is 3.81. The number of pyridine rings is 1. The molecule has 1 aliphatic carbocycles. The highest BCUT2D eigenvalue weighted by molar-refractivity contribution is 5.96. The average molecular weight is 286 g/mol. The summed E-state index contributed by atoms with van der Waals surface area (Å²) in [6.07, 6.45) is 3.57. The largest absolute Gasteiger partial charge is 0.472 e. The van der Waals surface area contributed by atoms with Crippen molar-refractivity contribution in [2.45, 2.75) is 25.5 Å². The molecule has 0 spiro atoms. The number of aromatic nitrogens is 1. The van der Waals surface area contributed by atoms with Crippen molar-refractivity contribution in [1.29, 1.82) is 0 Å². The lowest BCUT2D eigenvalue weighted by atomic mass is 10.2. The number of halogens is 1. The second kappa shape index (κ2) is 5.91. The molecule has 1 aromatic carbocycles. The van der Waals surface area contributed by atoms with Gasteiger partial charge in [0.1, 0.15) is 18.0 Å². The van der Waals surface area contributed by atoms with Crippen molar-refractivity contribution < 1.29 is 13.9 Å². The van der Waals surface area contributed by atoms with Gasteiger partial charge in [0.25, 0.3) is 5.91 Å². The highest BCUT2D eigenvalue weighted by Crippen LogP contribution is 2.22. The first-order valence-electron chi connectivity index (χ1n) is 6.86. The third-order valence-corrected chi connectivity index (χ3v) is 3.25. The van der Waals surface area contributed by atoms with Gasteiger partial charge in [0.15, 0.2) is 0 Å². The normalized spacial score (nSPS) is 13.8. The Labute approximate surface area is 122 Å². The predicted octanol–water partition coefficient (Wildman–Crippen LogP) is 2.69. The molecule has 4 nitrogen and oxygen atoms in total. The molecule has 0 unspecified atom stereocenters. The van der Waals surface area contributed by atoms with E-state index in [1.807, 2.05) is 0 Å². The maximum Gasteiger partial charge on any atom is 0.256 e. The van der Waals surface area contributed by atoms with Gasteiger partial charge in [-0.1, -0.05) is 18.2 Å². The Morgan fingerprint density at radius 1 is 1.29 bits per heavy atom. The monoisotopic (exact) mass is 286 g/mol. The molecule has 1 amide bonds. The number of ether oxygens (including phenoxy) is 1. The van der Waals surface area contributed by atoms with Crippen LogP contribution in [0, 0.1) is 5.82 Å². The Hall–Kier alpha value is -2.43. The van der Waals surface area contributed by atoms with Crippen LogP contribution >= 0.6 is 0 Å². The zero-order valence-corrected chi connectivity index (χ0v) is 11.4. The van der Waals surface area contributed by atoms with Crippen molar-refractivity contribution in [3.8, 4) is 5.88 Å². The molecule has 5 heteroatoms. The number of carbonyl (C=O) groups excluding carboxylic acids is 1. The average Bonchev–Trinajstić information content (AvgIpc) is 3.31. The molecule has 0 saturated heterocycles. The van der Waals surface area contributed by atoms with Gasteiger partial charge in [-0.15, -0.1) is 0 Å². The van der Waals surface area contributed by atoms with Crippen LogP contribution in [-0.2, 0) is 6.61 Å². The van der Waals surface area contributed by atoms with Crippen molar-refractivity contribution >= 4 is 5.91 Å². The zero-order chi connectivity index (χ0) is 14.7. The molecule has 1 saturated carbocycles. The Bertz CT molecular complexity index is 656. The van der Waals surface area contributed by atoms with E-state index in [0.29, 0.717) is 11.1 Å². The number of rotatable bonds is 5. The molecule has 0 bridgehead atoms. The number of nitrogens with zero attached hydrogens (tertiary/aromatic N) is 1. The van der Waals surface area contributed by atoms with Gasteiger partial charge in [-0.3, -0.25) is 4.79 Å². The van der Waals surface area contributed by atoms with E-state index in [4.69, 9.17) is 4.74 Å². The maximum atomic E-state index is 13.6. The van der Waals surface area contributed by atoms with Crippen LogP contribution in [0.3, 0.4) is 0 Å². The first kappa shape index (κ1) is 13.5. The molecular weight excluding hydrogens is 271 g/mol. The number of nitrogens with one attached hydrogen (secondary N) is 1. The summed E-state index contributed by atoms with van der Waals surface area (Å²) in [5.41, 5.74) is 0.803. The van der Waals surface area contributed by atoms with Gasteiger partial charge in [0.2, 0.25) is 5.88 Å². The molecule has 1 heterocycles. The fraction of sp³-hybridized carbons (Fsp3) is 0.250. The van der Waals surface area contributed by atoms with E-state index in [2.05, 4.69) is 10.3 Å². The molecule has 3 rings (SSSR count). The highest BCUT2D eigenvalue weighted by atomic mass is 19.1. The van der Waals surface area contributed by atoms with Gasteiger partial charge in [0, 0.05) is 17.8 Å². The molecule has 0 aliphatic heterocycles. The lowest BCUT2D eigenvalue weighted by Crippen LogP contribution is -2.26. The van der Waals surface area contributed by atoms with Gasteiger partial charge in [-0.25, -0.2) is 9.37 Å². The van der Waals surface area contributed by atoms with E-state index in [-0.39, 0.29) is 30.3 Å². The van der Waals surface area contributed by atoms with Crippen LogP contribution in [0.15, 0.2) is 42.6 Å². The van der Waals surface area contributed by atoms with Gasteiger partial charge >= 0.3 is 0 Å². The smallest absolute Gasteiger partial charge is 0.256 e. The third kappa shape index (κ3) is 3.37. The van der Waals surface area contributed by atoms with Crippen LogP contribution in [0.1, 0.15) is 28.8 Å². The summed E-state index contributed by atoms with van der Waals surface area (Å²) in [5.74, 6) is -0.314. The van der Waals surface area contributed by atoms with Crippen LogP contribution in [0.4, 0.5) is 4.39 Å². The minimum Gasteiger partial charge on any atom is -0.472 e. The van der Waals surface area contributed by atoms with Crippen LogP contribution in [0.5, 0.6) is 5.88 Å². The number of hydrogen-bond acceptors (Lipinski definition) is 3. The van der Waals surface area contributed by atoms with E-state index in [9.17, 15) is 9.18 Å². The molecule has 1 fully saturated rings. The van der Waals surface area contributed by atoms with Gasteiger partial charge < -0.3 is 10.1 Å². The number of hydrogen-bond donors (Lipinski definition) is 1. The summed E-state index contributed by atoms with van der Waals surface area (Å²) in [7, 11) is 0. The minimum atomic E-state index is -0.336. The first-order chi connectivity index (χ1) is 10.2. The second-order valence-corrected chi connectivity index (χ2v) is 4.98. The van der Waals surface area contributed by atoms with Gasteiger partial charge in [-0.05, 0) is 31.0 Å². The summed E-state index contributed by atoms with van der Waals surface area (Å²) in [6.45, 7) is 0.0351. The fourth-order valence-corrected chi connectivity index (χ4v) is 1.93. The number of carbonyl (C=O) groups is 1. The summed E-state index contributed by atoms with van der Waals surface area (Å²) in [6, 6.07) is 9.96. The minimum absolute atomic E-state index is 0.0351. The summed E-state index contributed by atoms with van der Waals surface area (Å²) < 4.78 is 19.1. The van der Waals surface area contributed by atoms with Crippen molar-refractivity contribution in [3.63, 3.8) is 0 Å². The van der Waals surface area contributed by atoms with Crippen LogP contribution in [0.2, 0.25) is 0 Å². The quantitative estimate of drug-likeness (QED) is 0.919. The second-order valence-electron chi connectivity index (χ2n) is 4.98. The Morgan fingerprint density at radius 2 is 2.10 bits per heavy atom. The highest BCUT2D eigenvalue weighted by Gasteiger charge is 2.25. The lowest BCUT2D eigenvalue weighted by Gasteiger charge is -2.10. The van der Waals surface area contributed by atoms with Crippen molar-refractivity contribution in [3.05, 3.63) is 59.5 Å². The van der Waals surface area contributed by atoms with E-state index in [0.717, 1.165) is 12.8 Å². The molecule has 1 N–H and O–H groups in total. The summed E-state index contributed by atoms with van der Waals surface area (Å²) >= 11 is 0. The molecule has 108 valence electrons. The Balaban J connectivity index is 1.73. The van der Waals surface area contributed by atoms with Crippen molar-refractivity contribution in [1.82, 2.24) is 10.3 Å². The molecule has 0 radical (unpaired) electrons. The fourth-order valence-electron chi connectivity index (χ4n) is 1.93. The van der Waals surface area contributed by atoms with E-state index >= 15 is 0 Å². The molecule has 1 aromatic heterocycles. The maximum absolute atomic E-state index is 13.6. The molecule has 0 atom stereocenters. The third-order valence-electron chi connectivity index (χ3n) is 3.25. The van der Waals surface area contributed by atoms with Gasteiger partial charge in [0.05, 0.1) is 0 Å².